The van der Waals surface area contributed by atoms with E-state index in [0.29, 0.717) is 17.0 Å². The Morgan fingerprint density at radius 3 is 2.04 bits per heavy atom. The van der Waals surface area contributed by atoms with Crippen LogP contribution in [-0.2, 0) is 4.79 Å². The minimum absolute atomic E-state index is 0.204. The number of hydrogen-bond acceptors (Lipinski definition) is 3. The van der Waals surface area contributed by atoms with Crippen LogP contribution >= 0.6 is 0 Å². The number of nitrogens with zero attached hydrogens (tertiary/aromatic N) is 1. The van der Waals surface area contributed by atoms with Crippen molar-refractivity contribution in [3.63, 3.8) is 0 Å². The molecule has 1 N–H and O–H groups in total. The first-order valence-corrected chi connectivity index (χ1v) is 8.94. The first-order valence-electron chi connectivity index (χ1n) is 8.94. The third-order valence-corrected chi connectivity index (χ3v) is 4.18. The maximum Gasteiger partial charge on any atom is 0.267 e. The van der Waals surface area contributed by atoms with Gasteiger partial charge in [0.25, 0.3) is 11.8 Å². The number of nitrogens with one attached hydrogen (secondary N) is 1. The third-order valence-electron chi connectivity index (χ3n) is 4.18. The van der Waals surface area contributed by atoms with Gasteiger partial charge in [0.15, 0.2) is 0 Å². The molecule has 0 fully saturated rings. The SMILES string of the molecule is CN(C)C(=O)[C@H](Oc1ccccc1C(=O)Nc1ccccc1)c1ccccc1. The van der Waals surface area contributed by atoms with Crippen molar-refractivity contribution in [2.75, 3.05) is 19.4 Å². The number of likely N-dealkylation sites (N-methyl/N-ethyl adjacent to an activating group) is 1. The number of carbonyl (C=O) groups excluding carboxylic acids is 2. The molecule has 0 aliphatic heterocycles. The predicted molar refractivity (Wildman–Crippen MR) is 109 cm³/mol. The van der Waals surface area contributed by atoms with Crippen LogP contribution in [0.15, 0.2) is 84.9 Å². The van der Waals surface area contributed by atoms with Crippen molar-refractivity contribution >= 4 is 17.5 Å². The Balaban J connectivity index is 1.90. The van der Waals surface area contributed by atoms with E-state index in [4.69, 9.17) is 4.74 Å². The molecule has 0 radical (unpaired) electrons. The molecule has 0 heterocycles. The fraction of sp³-hybridized carbons (Fsp3) is 0.130. The average Bonchev–Trinajstić information content (AvgIpc) is 2.73. The minimum Gasteiger partial charge on any atom is -0.475 e. The predicted octanol–water partition coefficient (Wildman–Crippen LogP) is 4.15. The fourth-order valence-corrected chi connectivity index (χ4v) is 2.73. The molecule has 5 nitrogen and oxygen atoms in total. The second kappa shape index (κ2) is 8.86. The van der Waals surface area contributed by atoms with Gasteiger partial charge in [0.2, 0.25) is 6.10 Å². The van der Waals surface area contributed by atoms with E-state index in [9.17, 15) is 9.59 Å². The summed E-state index contributed by atoms with van der Waals surface area (Å²) in [6.45, 7) is 0. The van der Waals surface area contributed by atoms with Crippen LogP contribution in [0, 0.1) is 0 Å². The Bertz CT molecular complexity index is 940. The quantitative estimate of drug-likeness (QED) is 0.705. The lowest BCUT2D eigenvalue weighted by Gasteiger charge is -2.23. The van der Waals surface area contributed by atoms with Gasteiger partial charge in [-0.25, -0.2) is 0 Å². The number of para-hydroxylation sites is 2. The van der Waals surface area contributed by atoms with Gasteiger partial charge in [-0.15, -0.1) is 0 Å². The molecule has 3 rings (SSSR count). The Morgan fingerprint density at radius 2 is 1.39 bits per heavy atom. The van der Waals surface area contributed by atoms with E-state index >= 15 is 0 Å². The second-order valence-corrected chi connectivity index (χ2v) is 6.46. The molecule has 142 valence electrons. The molecule has 2 amide bonds. The molecule has 1 atom stereocenters. The highest BCUT2D eigenvalue weighted by atomic mass is 16.5. The van der Waals surface area contributed by atoms with Gasteiger partial charge in [-0.3, -0.25) is 9.59 Å². The molecule has 0 spiro atoms. The largest absolute Gasteiger partial charge is 0.475 e. The summed E-state index contributed by atoms with van der Waals surface area (Å²) < 4.78 is 6.06. The smallest absolute Gasteiger partial charge is 0.267 e. The van der Waals surface area contributed by atoms with Gasteiger partial charge in [-0.1, -0.05) is 60.7 Å². The minimum atomic E-state index is -0.845. The first kappa shape index (κ1) is 19.2. The molecule has 0 saturated carbocycles. The zero-order valence-electron chi connectivity index (χ0n) is 15.8. The van der Waals surface area contributed by atoms with Crippen LogP contribution in [0.5, 0.6) is 5.75 Å². The highest BCUT2D eigenvalue weighted by Gasteiger charge is 2.26. The van der Waals surface area contributed by atoms with E-state index < -0.39 is 6.10 Å². The summed E-state index contributed by atoms with van der Waals surface area (Å²) in [4.78, 5) is 27.0. The van der Waals surface area contributed by atoms with Gasteiger partial charge in [-0.05, 0) is 24.3 Å². The average molecular weight is 374 g/mol. The maximum atomic E-state index is 12.8. The molecular weight excluding hydrogens is 352 g/mol. The summed E-state index contributed by atoms with van der Waals surface area (Å²) >= 11 is 0. The van der Waals surface area contributed by atoms with Gasteiger partial charge in [0, 0.05) is 25.3 Å². The Morgan fingerprint density at radius 1 is 0.821 bits per heavy atom. The van der Waals surface area contributed by atoms with Gasteiger partial charge < -0.3 is 15.0 Å². The summed E-state index contributed by atoms with van der Waals surface area (Å²) in [5, 5.41) is 2.85. The van der Waals surface area contributed by atoms with Crippen LogP contribution in [-0.4, -0.2) is 30.8 Å². The van der Waals surface area contributed by atoms with Gasteiger partial charge >= 0.3 is 0 Å². The van der Waals surface area contributed by atoms with E-state index in [2.05, 4.69) is 5.32 Å². The van der Waals surface area contributed by atoms with Crippen molar-refractivity contribution in [1.29, 1.82) is 0 Å². The molecule has 0 saturated heterocycles. The lowest BCUT2D eigenvalue weighted by atomic mass is 10.1. The summed E-state index contributed by atoms with van der Waals surface area (Å²) in [7, 11) is 3.35. The van der Waals surface area contributed by atoms with Crippen molar-refractivity contribution in [3.05, 3.63) is 96.1 Å². The molecule has 5 heteroatoms. The fourth-order valence-electron chi connectivity index (χ4n) is 2.73. The van der Waals surface area contributed by atoms with E-state index in [1.165, 1.54) is 4.90 Å². The highest BCUT2D eigenvalue weighted by molar-refractivity contribution is 6.06. The summed E-state index contributed by atoms with van der Waals surface area (Å²) in [6.07, 6.45) is -0.845. The number of hydrogen-bond donors (Lipinski definition) is 1. The van der Waals surface area contributed by atoms with Gasteiger partial charge in [0.1, 0.15) is 5.75 Å². The number of benzene rings is 3. The zero-order valence-corrected chi connectivity index (χ0v) is 15.8. The molecule has 0 bridgehead atoms. The summed E-state index contributed by atoms with van der Waals surface area (Å²) in [5.41, 5.74) is 1.77. The van der Waals surface area contributed by atoms with Crippen molar-refractivity contribution in [3.8, 4) is 5.75 Å². The van der Waals surface area contributed by atoms with Crippen LogP contribution in [0.3, 0.4) is 0 Å². The number of amides is 2. The Kier molecular flexibility index (Phi) is 6.07. The molecule has 28 heavy (non-hydrogen) atoms. The zero-order chi connectivity index (χ0) is 19.9. The van der Waals surface area contributed by atoms with Crippen LogP contribution in [0.4, 0.5) is 5.69 Å². The molecular formula is C23H22N2O3. The normalized spacial score (nSPS) is 11.4. The number of rotatable bonds is 6. The monoisotopic (exact) mass is 374 g/mol. The van der Waals surface area contributed by atoms with Crippen molar-refractivity contribution in [1.82, 2.24) is 4.90 Å². The lowest BCUT2D eigenvalue weighted by Crippen LogP contribution is -2.31. The van der Waals surface area contributed by atoms with E-state index in [-0.39, 0.29) is 11.8 Å². The van der Waals surface area contributed by atoms with Crippen molar-refractivity contribution < 1.29 is 14.3 Å². The van der Waals surface area contributed by atoms with Gasteiger partial charge in [-0.2, -0.15) is 0 Å². The third kappa shape index (κ3) is 4.57. The van der Waals surface area contributed by atoms with Crippen molar-refractivity contribution in [2.24, 2.45) is 0 Å². The van der Waals surface area contributed by atoms with Gasteiger partial charge in [0.05, 0.1) is 5.56 Å². The van der Waals surface area contributed by atoms with E-state index in [1.807, 2.05) is 60.7 Å². The van der Waals surface area contributed by atoms with Crippen LogP contribution in [0.2, 0.25) is 0 Å². The van der Waals surface area contributed by atoms with Crippen LogP contribution in [0.1, 0.15) is 22.0 Å². The Hall–Kier alpha value is -3.60. The number of ether oxygens (including phenoxy) is 1. The van der Waals surface area contributed by atoms with Crippen LogP contribution in [0.25, 0.3) is 0 Å². The molecule has 3 aromatic rings. The highest BCUT2D eigenvalue weighted by Crippen LogP contribution is 2.27. The molecule has 0 aliphatic carbocycles. The second-order valence-electron chi connectivity index (χ2n) is 6.46. The maximum absolute atomic E-state index is 12.8. The lowest BCUT2D eigenvalue weighted by molar-refractivity contribution is -0.136. The topological polar surface area (TPSA) is 58.6 Å². The van der Waals surface area contributed by atoms with Crippen molar-refractivity contribution in [2.45, 2.75) is 6.10 Å². The molecule has 0 aromatic heterocycles. The molecule has 0 unspecified atom stereocenters. The Labute approximate surface area is 164 Å². The standard InChI is InChI=1S/C23H22N2O3/c1-25(2)23(27)21(17-11-5-3-6-12-17)28-20-16-10-9-15-19(20)22(26)24-18-13-7-4-8-14-18/h3-16,21H,1-2H3,(H,24,26)/t21-/m1/s1. The van der Waals surface area contributed by atoms with E-state index in [0.717, 1.165) is 5.56 Å². The van der Waals surface area contributed by atoms with Crippen LogP contribution < -0.4 is 10.1 Å². The summed E-state index contributed by atoms with van der Waals surface area (Å²) in [6, 6.07) is 25.3. The van der Waals surface area contributed by atoms with E-state index in [1.54, 1.807) is 38.4 Å². The summed E-state index contributed by atoms with van der Waals surface area (Å²) in [5.74, 6) is -0.157. The molecule has 0 aliphatic rings. The first-order chi connectivity index (χ1) is 13.6. The molecule has 3 aromatic carbocycles. The number of anilines is 1. The number of carbonyl (C=O) groups is 2.